The number of aromatic nitrogens is 1. The number of hydrogen-bond donors (Lipinski definition) is 1. The number of sulfonamides is 1. The quantitative estimate of drug-likeness (QED) is 0.758. The first-order valence-electron chi connectivity index (χ1n) is 8.18. The Hall–Kier alpha value is -1.22. The van der Waals surface area contributed by atoms with Gasteiger partial charge in [-0.1, -0.05) is 24.2 Å². The minimum absolute atomic E-state index is 0.100. The van der Waals surface area contributed by atoms with Crippen LogP contribution in [-0.4, -0.2) is 32.2 Å². The van der Waals surface area contributed by atoms with E-state index < -0.39 is 10.0 Å². The number of thiazole rings is 1. The Labute approximate surface area is 145 Å². The minimum atomic E-state index is -3.57. The molecule has 1 aliphatic rings. The summed E-state index contributed by atoms with van der Waals surface area (Å²) in [6, 6.07) is 4.76. The van der Waals surface area contributed by atoms with Crippen LogP contribution < -0.4 is 9.60 Å². The van der Waals surface area contributed by atoms with Gasteiger partial charge >= 0.3 is 4.87 Å². The van der Waals surface area contributed by atoms with Crippen LogP contribution in [0.3, 0.4) is 0 Å². The molecule has 6 nitrogen and oxygen atoms in total. The van der Waals surface area contributed by atoms with Crippen LogP contribution in [0.25, 0.3) is 10.2 Å². The predicted molar refractivity (Wildman–Crippen MR) is 95.1 cm³/mol. The lowest BCUT2D eigenvalue weighted by Crippen LogP contribution is -2.26. The second-order valence-electron chi connectivity index (χ2n) is 6.09. The molecule has 0 atom stereocenters. The summed E-state index contributed by atoms with van der Waals surface area (Å²) in [7, 11) is -1.89. The molecule has 24 heavy (non-hydrogen) atoms. The second-order valence-corrected chi connectivity index (χ2v) is 8.85. The summed E-state index contributed by atoms with van der Waals surface area (Å²) in [5.74, 6) is 0. The molecule has 1 saturated carbocycles. The van der Waals surface area contributed by atoms with Crippen molar-refractivity contribution in [3.8, 4) is 0 Å². The predicted octanol–water partition coefficient (Wildman–Crippen LogP) is 2.23. The standard InChI is InChI=1S/C16H22N2O4S2/c1-18-14-8-7-13(11-15(14)23-16(18)19)24(20,21)17-9-4-10-22-12-5-2-3-6-12/h7-8,11-12,17H,2-6,9-10H2,1H3. The van der Waals surface area contributed by atoms with Crippen molar-refractivity contribution in [1.29, 1.82) is 0 Å². The van der Waals surface area contributed by atoms with Crippen LogP contribution in [0.4, 0.5) is 0 Å². The Bertz CT molecular complexity index is 864. The summed E-state index contributed by atoms with van der Waals surface area (Å²) >= 11 is 1.05. The number of benzene rings is 1. The summed E-state index contributed by atoms with van der Waals surface area (Å²) in [5.41, 5.74) is 0.744. The Kier molecular flexibility index (Phi) is 5.39. The highest BCUT2D eigenvalue weighted by atomic mass is 32.2. The lowest BCUT2D eigenvalue weighted by molar-refractivity contribution is 0.0575. The van der Waals surface area contributed by atoms with Crippen molar-refractivity contribution in [3.05, 3.63) is 27.9 Å². The monoisotopic (exact) mass is 370 g/mol. The molecule has 0 aliphatic heterocycles. The molecule has 0 radical (unpaired) electrons. The fraction of sp³-hybridized carbons (Fsp3) is 0.562. The number of rotatable bonds is 7. The van der Waals surface area contributed by atoms with Gasteiger partial charge in [-0.25, -0.2) is 13.1 Å². The molecule has 8 heteroatoms. The highest BCUT2D eigenvalue weighted by molar-refractivity contribution is 7.89. The SMILES string of the molecule is Cn1c(=O)sc2cc(S(=O)(=O)NCCCOC3CCCC3)ccc21. The van der Waals surface area contributed by atoms with Gasteiger partial charge < -0.3 is 9.30 Å². The van der Waals surface area contributed by atoms with Gasteiger partial charge in [0.2, 0.25) is 10.0 Å². The zero-order chi connectivity index (χ0) is 17.2. The third-order valence-corrected chi connectivity index (χ3v) is 6.80. The molecular formula is C16H22N2O4S2. The molecule has 1 heterocycles. The highest BCUT2D eigenvalue weighted by Gasteiger charge is 2.17. The molecular weight excluding hydrogens is 348 g/mol. The number of nitrogens with zero attached hydrogens (tertiary/aromatic N) is 1. The van der Waals surface area contributed by atoms with Crippen molar-refractivity contribution < 1.29 is 13.2 Å². The van der Waals surface area contributed by atoms with Gasteiger partial charge in [0.1, 0.15) is 0 Å². The van der Waals surface area contributed by atoms with Crippen LogP contribution in [0, 0.1) is 0 Å². The molecule has 1 aromatic heterocycles. The first-order valence-corrected chi connectivity index (χ1v) is 10.5. The van der Waals surface area contributed by atoms with Gasteiger partial charge in [0, 0.05) is 20.2 Å². The molecule has 1 N–H and O–H groups in total. The van der Waals surface area contributed by atoms with Crippen LogP contribution in [0.5, 0.6) is 0 Å². The zero-order valence-corrected chi connectivity index (χ0v) is 15.3. The molecule has 0 unspecified atom stereocenters. The number of nitrogens with one attached hydrogen (secondary N) is 1. The Morgan fingerprint density at radius 2 is 2.08 bits per heavy atom. The van der Waals surface area contributed by atoms with Crippen molar-refractivity contribution in [1.82, 2.24) is 9.29 Å². The number of aryl methyl sites for hydroxylation is 1. The fourth-order valence-electron chi connectivity index (χ4n) is 2.95. The number of hydrogen-bond acceptors (Lipinski definition) is 5. The smallest absolute Gasteiger partial charge is 0.307 e. The highest BCUT2D eigenvalue weighted by Crippen LogP contribution is 2.22. The summed E-state index contributed by atoms with van der Waals surface area (Å²) in [5, 5.41) is 0. The van der Waals surface area contributed by atoms with Gasteiger partial charge in [-0.2, -0.15) is 0 Å². The van der Waals surface area contributed by atoms with Crippen molar-refractivity contribution in [2.45, 2.75) is 43.1 Å². The first kappa shape index (κ1) is 17.6. The van der Waals surface area contributed by atoms with E-state index in [1.54, 1.807) is 19.2 Å². The largest absolute Gasteiger partial charge is 0.378 e. The third kappa shape index (κ3) is 3.88. The van der Waals surface area contributed by atoms with E-state index in [1.165, 1.54) is 23.5 Å². The van der Waals surface area contributed by atoms with Crippen molar-refractivity contribution >= 4 is 31.6 Å². The molecule has 1 fully saturated rings. The van der Waals surface area contributed by atoms with E-state index >= 15 is 0 Å². The average Bonchev–Trinajstić information content (AvgIpc) is 3.16. The maximum atomic E-state index is 12.4. The van der Waals surface area contributed by atoms with E-state index in [0.717, 1.165) is 29.7 Å². The molecule has 3 rings (SSSR count). The van der Waals surface area contributed by atoms with Crippen LogP contribution >= 0.6 is 11.3 Å². The number of fused-ring (bicyclic) bond motifs is 1. The summed E-state index contributed by atoms with van der Waals surface area (Å²) < 4.78 is 35.2. The van der Waals surface area contributed by atoms with Gasteiger partial charge in [-0.15, -0.1) is 0 Å². The fourth-order valence-corrected chi connectivity index (χ4v) is 5.04. The van der Waals surface area contributed by atoms with Gasteiger partial charge in [0.05, 0.1) is 21.2 Å². The lowest BCUT2D eigenvalue weighted by atomic mass is 10.3. The molecule has 0 bridgehead atoms. The lowest BCUT2D eigenvalue weighted by Gasteiger charge is -2.11. The van der Waals surface area contributed by atoms with E-state index in [1.807, 2.05) is 0 Å². The van der Waals surface area contributed by atoms with E-state index in [0.29, 0.717) is 30.4 Å². The zero-order valence-electron chi connectivity index (χ0n) is 13.7. The molecule has 0 saturated heterocycles. The normalized spacial score (nSPS) is 16.2. The van der Waals surface area contributed by atoms with Gasteiger partial charge in [0.25, 0.3) is 0 Å². The van der Waals surface area contributed by atoms with Gasteiger partial charge in [-0.3, -0.25) is 4.79 Å². The number of ether oxygens (including phenoxy) is 1. The van der Waals surface area contributed by atoms with E-state index in [4.69, 9.17) is 4.74 Å². The van der Waals surface area contributed by atoms with E-state index in [9.17, 15) is 13.2 Å². The second kappa shape index (κ2) is 7.35. The third-order valence-electron chi connectivity index (χ3n) is 4.34. The molecule has 1 aliphatic carbocycles. The maximum Gasteiger partial charge on any atom is 0.307 e. The summed E-state index contributed by atoms with van der Waals surface area (Å²) in [6.45, 7) is 0.921. The Balaban J connectivity index is 1.57. The van der Waals surface area contributed by atoms with E-state index in [-0.39, 0.29) is 9.77 Å². The molecule has 0 amide bonds. The molecule has 0 spiro atoms. The molecule has 1 aromatic carbocycles. The van der Waals surface area contributed by atoms with Crippen molar-refractivity contribution in [2.24, 2.45) is 7.05 Å². The van der Waals surface area contributed by atoms with Gasteiger partial charge in [0.15, 0.2) is 0 Å². The Morgan fingerprint density at radius 1 is 1.33 bits per heavy atom. The van der Waals surface area contributed by atoms with Crippen LogP contribution in [0.15, 0.2) is 27.9 Å². The van der Waals surface area contributed by atoms with Crippen LogP contribution in [0.1, 0.15) is 32.1 Å². The summed E-state index contributed by atoms with van der Waals surface area (Å²) in [6.07, 6.45) is 5.69. The summed E-state index contributed by atoms with van der Waals surface area (Å²) in [4.78, 5) is 11.7. The first-order chi connectivity index (χ1) is 11.5. The maximum absolute atomic E-state index is 12.4. The van der Waals surface area contributed by atoms with Crippen molar-refractivity contribution in [3.63, 3.8) is 0 Å². The van der Waals surface area contributed by atoms with Crippen LogP contribution in [0.2, 0.25) is 0 Å². The van der Waals surface area contributed by atoms with Gasteiger partial charge in [-0.05, 0) is 37.5 Å². The molecule has 132 valence electrons. The minimum Gasteiger partial charge on any atom is -0.378 e. The Morgan fingerprint density at radius 3 is 2.83 bits per heavy atom. The molecule has 2 aromatic rings. The topological polar surface area (TPSA) is 77.4 Å². The van der Waals surface area contributed by atoms with Crippen LogP contribution in [-0.2, 0) is 21.8 Å². The van der Waals surface area contributed by atoms with E-state index in [2.05, 4.69) is 4.72 Å². The average molecular weight is 370 g/mol. The van der Waals surface area contributed by atoms with Crippen molar-refractivity contribution in [2.75, 3.05) is 13.2 Å².